The van der Waals surface area contributed by atoms with Crippen LogP contribution in [0.3, 0.4) is 0 Å². The number of methoxy groups -OCH3 is 1. The van der Waals surface area contributed by atoms with Gasteiger partial charge in [-0.15, -0.1) is 0 Å². The second-order valence-electron chi connectivity index (χ2n) is 4.16. The van der Waals surface area contributed by atoms with Crippen LogP contribution < -0.4 is 0 Å². The van der Waals surface area contributed by atoms with Crippen molar-refractivity contribution in [3.63, 3.8) is 0 Å². The van der Waals surface area contributed by atoms with Gasteiger partial charge in [0.2, 0.25) is 0 Å². The molecule has 0 saturated carbocycles. The van der Waals surface area contributed by atoms with Crippen molar-refractivity contribution in [3.8, 4) is 0 Å². The molecule has 18 heavy (non-hydrogen) atoms. The standard InChI is InChI=1S/C14H15IO3/c1-9-12(14(16)17-2)13(11(8-15)18-9)10-6-4-3-5-7-10/h3-7,11,13H,8H2,1-2H3/t11-,13+/m1/s1. The maximum absolute atomic E-state index is 11.9. The largest absolute Gasteiger partial charge is 0.493 e. The van der Waals surface area contributed by atoms with Gasteiger partial charge in [0.25, 0.3) is 0 Å². The van der Waals surface area contributed by atoms with Crippen molar-refractivity contribution in [3.05, 3.63) is 47.2 Å². The molecule has 1 aliphatic rings. The number of hydrogen-bond acceptors (Lipinski definition) is 3. The second-order valence-corrected chi connectivity index (χ2v) is 5.04. The van der Waals surface area contributed by atoms with Gasteiger partial charge in [0.1, 0.15) is 11.9 Å². The van der Waals surface area contributed by atoms with Gasteiger partial charge in [0.15, 0.2) is 0 Å². The summed E-state index contributed by atoms with van der Waals surface area (Å²) in [5.74, 6) is 0.349. The van der Waals surface area contributed by atoms with Crippen LogP contribution in [-0.4, -0.2) is 23.6 Å². The van der Waals surface area contributed by atoms with Crippen LogP contribution in [-0.2, 0) is 14.3 Å². The second kappa shape index (κ2) is 5.73. The Balaban J connectivity index is 2.43. The lowest BCUT2D eigenvalue weighted by Crippen LogP contribution is -2.21. The molecule has 0 unspecified atom stereocenters. The van der Waals surface area contributed by atoms with E-state index in [9.17, 15) is 4.79 Å². The molecule has 1 aromatic carbocycles. The predicted molar refractivity (Wildman–Crippen MR) is 77.7 cm³/mol. The Morgan fingerprint density at radius 3 is 2.61 bits per heavy atom. The first-order valence-electron chi connectivity index (χ1n) is 5.75. The molecule has 0 aliphatic carbocycles. The van der Waals surface area contributed by atoms with E-state index in [1.54, 1.807) is 0 Å². The average Bonchev–Trinajstić information content (AvgIpc) is 2.75. The summed E-state index contributed by atoms with van der Waals surface area (Å²) < 4.78 is 11.5. The molecule has 2 rings (SSSR count). The Morgan fingerprint density at radius 2 is 2.06 bits per heavy atom. The highest BCUT2D eigenvalue weighted by Crippen LogP contribution is 2.40. The van der Waals surface area contributed by atoms with Gasteiger partial charge in [-0.1, -0.05) is 52.9 Å². The van der Waals surface area contributed by atoms with E-state index >= 15 is 0 Å². The van der Waals surface area contributed by atoms with Crippen molar-refractivity contribution >= 4 is 28.6 Å². The minimum atomic E-state index is -0.297. The highest BCUT2D eigenvalue weighted by Gasteiger charge is 2.39. The Hall–Kier alpha value is -1.04. The summed E-state index contributed by atoms with van der Waals surface area (Å²) in [6, 6.07) is 9.96. The van der Waals surface area contributed by atoms with E-state index < -0.39 is 0 Å². The number of carbonyl (C=O) groups is 1. The predicted octanol–water partition coefficient (Wildman–Crippen LogP) is 3.05. The summed E-state index contributed by atoms with van der Waals surface area (Å²) in [5.41, 5.74) is 1.74. The molecule has 4 heteroatoms. The van der Waals surface area contributed by atoms with Crippen molar-refractivity contribution in [2.75, 3.05) is 11.5 Å². The maximum atomic E-state index is 11.9. The molecule has 0 spiro atoms. The first-order valence-corrected chi connectivity index (χ1v) is 7.28. The number of carbonyl (C=O) groups excluding carboxylic acids is 1. The number of benzene rings is 1. The van der Waals surface area contributed by atoms with Crippen LogP contribution in [0.5, 0.6) is 0 Å². The molecule has 1 aliphatic heterocycles. The lowest BCUT2D eigenvalue weighted by atomic mass is 9.88. The van der Waals surface area contributed by atoms with Crippen LogP contribution in [0.15, 0.2) is 41.7 Å². The third-order valence-corrected chi connectivity index (χ3v) is 3.97. The van der Waals surface area contributed by atoms with E-state index in [0.29, 0.717) is 11.3 Å². The molecule has 0 N–H and O–H groups in total. The number of halogens is 1. The molecule has 0 saturated heterocycles. The van der Waals surface area contributed by atoms with E-state index in [1.807, 2.05) is 37.3 Å². The number of esters is 1. The first kappa shape index (κ1) is 13.4. The van der Waals surface area contributed by atoms with Crippen LogP contribution >= 0.6 is 22.6 Å². The molecule has 0 bridgehead atoms. The fraction of sp³-hybridized carbons (Fsp3) is 0.357. The summed E-state index contributed by atoms with van der Waals surface area (Å²) >= 11 is 2.28. The zero-order valence-corrected chi connectivity index (χ0v) is 12.5. The maximum Gasteiger partial charge on any atom is 0.337 e. The molecule has 0 radical (unpaired) electrons. The van der Waals surface area contributed by atoms with Gasteiger partial charge >= 0.3 is 5.97 Å². The number of alkyl halides is 1. The van der Waals surface area contributed by atoms with Crippen LogP contribution in [0.2, 0.25) is 0 Å². The molecule has 0 fully saturated rings. The molecular formula is C14H15IO3. The normalized spacial score (nSPS) is 22.8. The van der Waals surface area contributed by atoms with Crippen molar-refractivity contribution in [2.45, 2.75) is 18.9 Å². The monoisotopic (exact) mass is 358 g/mol. The fourth-order valence-corrected chi connectivity index (χ4v) is 2.99. The van der Waals surface area contributed by atoms with Crippen molar-refractivity contribution in [1.82, 2.24) is 0 Å². The number of rotatable bonds is 3. The van der Waals surface area contributed by atoms with E-state index in [2.05, 4.69) is 22.6 Å². The zero-order valence-electron chi connectivity index (χ0n) is 10.4. The SMILES string of the molecule is COC(=O)C1=C(C)O[C@H](CI)[C@@H]1c1ccccc1. The van der Waals surface area contributed by atoms with Gasteiger partial charge in [-0.3, -0.25) is 0 Å². The third-order valence-electron chi connectivity index (χ3n) is 3.11. The number of hydrogen-bond donors (Lipinski definition) is 0. The highest BCUT2D eigenvalue weighted by atomic mass is 127. The molecule has 3 nitrogen and oxygen atoms in total. The Kier molecular flexibility index (Phi) is 4.27. The van der Waals surface area contributed by atoms with Gasteiger partial charge in [-0.25, -0.2) is 4.79 Å². The molecule has 1 aromatic rings. The topological polar surface area (TPSA) is 35.5 Å². The smallest absolute Gasteiger partial charge is 0.337 e. The summed E-state index contributed by atoms with van der Waals surface area (Å²) in [7, 11) is 1.40. The lowest BCUT2D eigenvalue weighted by Gasteiger charge is -2.19. The van der Waals surface area contributed by atoms with Crippen LogP contribution in [0, 0.1) is 0 Å². The Morgan fingerprint density at radius 1 is 1.39 bits per heavy atom. The molecular weight excluding hydrogens is 343 g/mol. The van der Waals surface area contributed by atoms with Crippen LogP contribution in [0.25, 0.3) is 0 Å². The van der Waals surface area contributed by atoms with Crippen molar-refractivity contribution in [1.29, 1.82) is 0 Å². The third kappa shape index (κ3) is 2.39. The van der Waals surface area contributed by atoms with Crippen LogP contribution in [0.4, 0.5) is 0 Å². The minimum absolute atomic E-state index is 0.00194. The van der Waals surface area contributed by atoms with E-state index in [-0.39, 0.29) is 18.0 Å². The first-order chi connectivity index (χ1) is 8.69. The number of ether oxygens (including phenoxy) is 2. The molecule has 96 valence electrons. The van der Waals surface area contributed by atoms with Gasteiger partial charge < -0.3 is 9.47 Å². The summed E-state index contributed by atoms with van der Waals surface area (Å²) in [4.78, 5) is 11.9. The van der Waals surface area contributed by atoms with Gasteiger partial charge in [-0.05, 0) is 12.5 Å². The molecule has 2 atom stereocenters. The van der Waals surface area contributed by atoms with Crippen LogP contribution in [0.1, 0.15) is 18.4 Å². The van der Waals surface area contributed by atoms with Gasteiger partial charge in [0, 0.05) is 4.43 Å². The Labute approximate surface area is 120 Å². The molecule has 0 amide bonds. The van der Waals surface area contributed by atoms with E-state index in [4.69, 9.17) is 9.47 Å². The quantitative estimate of drug-likeness (QED) is 0.473. The zero-order chi connectivity index (χ0) is 13.1. The Bertz CT molecular complexity index is 467. The summed E-state index contributed by atoms with van der Waals surface area (Å²) in [6.07, 6.45) is 0.00194. The summed E-state index contributed by atoms with van der Waals surface area (Å²) in [5, 5.41) is 0. The average molecular weight is 358 g/mol. The minimum Gasteiger partial charge on any atom is -0.493 e. The molecule has 0 aromatic heterocycles. The van der Waals surface area contributed by atoms with Crippen molar-refractivity contribution in [2.24, 2.45) is 0 Å². The van der Waals surface area contributed by atoms with E-state index in [0.717, 1.165) is 9.99 Å². The van der Waals surface area contributed by atoms with E-state index in [1.165, 1.54) is 7.11 Å². The highest BCUT2D eigenvalue weighted by molar-refractivity contribution is 14.1. The van der Waals surface area contributed by atoms with Gasteiger partial charge in [0.05, 0.1) is 18.6 Å². The fourth-order valence-electron chi connectivity index (χ4n) is 2.31. The molecule has 1 heterocycles. The number of allylic oxidation sites excluding steroid dienone is 1. The summed E-state index contributed by atoms with van der Waals surface area (Å²) in [6.45, 7) is 1.83. The lowest BCUT2D eigenvalue weighted by molar-refractivity contribution is -0.136. The van der Waals surface area contributed by atoms with Gasteiger partial charge in [-0.2, -0.15) is 0 Å². The van der Waals surface area contributed by atoms with Crippen molar-refractivity contribution < 1.29 is 14.3 Å².